The van der Waals surface area contributed by atoms with Gasteiger partial charge in [0.15, 0.2) is 0 Å². The van der Waals surface area contributed by atoms with Crippen LogP contribution in [0.4, 0.5) is 5.95 Å². The van der Waals surface area contributed by atoms with E-state index in [1.807, 2.05) is 24.3 Å². The number of amides is 2. The second-order valence-corrected chi connectivity index (χ2v) is 9.48. The predicted octanol–water partition coefficient (Wildman–Crippen LogP) is 3.44. The number of aromatic nitrogens is 2. The Balaban J connectivity index is 1.19. The number of carbonyl (C=O) groups excluding carboxylic acids is 2. The van der Waals surface area contributed by atoms with Crippen molar-refractivity contribution >= 4 is 34.8 Å². The van der Waals surface area contributed by atoms with Crippen LogP contribution >= 0.6 is 0 Å². The fraction of sp³-hybridized carbons (Fsp3) is 0.407. The Morgan fingerprint density at radius 2 is 1.78 bits per heavy atom. The highest BCUT2D eigenvalue weighted by Crippen LogP contribution is 2.26. The molecule has 0 bridgehead atoms. The quantitative estimate of drug-likeness (QED) is 0.344. The third-order valence-electron chi connectivity index (χ3n) is 6.75. The first kappa shape index (κ1) is 25.2. The minimum Gasteiger partial charge on any atom is -0.481 e. The number of likely N-dealkylation sites (N-methyl/N-ethyl adjacent to an activating group) is 1. The first-order valence-corrected chi connectivity index (χ1v) is 12.4. The smallest absolute Gasteiger partial charge is 0.303 e. The van der Waals surface area contributed by atoms with Crippen LogP contribution in [0.1, 0.15) is 48.0 Å². The average Bonchev–Trinajstić information content (AvgIpc) is 3.29. The van der Waals surface area contributed by atoms with Gasteiger partial charge in [0.1, 0.15) is 0 Å². The Kier molecular flexibility index (Phi) is 8.20. The Hall–Kier alpha value is -3.88. The lowest BCUT2D eigenvalue weighted by Gasteiger charge is -2.29. The number of imidazole rings is 1. The number of aromatic amines is 1. The maximum Gasteiger partial charge on any atom is 0.303 e. The molecule has 9 nitrogen and oxygen atoms in total. The number of benzene rings is 2. The molecule has 2 aromatic carbocycles. The van der Waals surface area contributed by atoms with Gasteiger partial charge < -0.3 is 25.6 Å². The Morgan fingerprint density at radius 3 is 2.53 bits per heavy atom. The van der Waals surface area contributed by atoms with Crippen molar-refractivity contribution in [2.24, 2.45) is 5.92 Å². The molecule has 1 aliphatic rings. The first-order chi connectivity index (χ1) is 17.4. The van der Waals surface area contributed by atoms with E-state index in [1.54, 1.807) is 31.3 Å². The normalized spacial score (nSPS) is 17.5. The van der Waals surface area contributed by atoms with Crippen LogP contribution in [0.5, 0.6) is 0 Å². The van der Waals surface area contributed by atoms with Crippen LogP contribution < -0.4 is 10.6 Å². The molecule has 1 heterocycles. The zero-order valence-corrected chi connectivity index (χ0v) is 20.5. The highest BCUT2D eigenvalue weighted by Gasteiger charge is 2.23. The maximum atomic E-state index is 12.9. The average molecular weight is 492 g/mol. The molecule has 0 spiro atoms. The van der Waals surface area contributed by atoms with Gasteiger partial charge in [0.25, 0.3) is 5.91 Å². The largest absolute Gasteiger partial charge is 0.481 e. The second kappa shape index (κ2) is 11.7. The number of carboxylic acid groups (broad SMARTS) is 1. The van der Waals surface area contributed by atoms with E-state index in [9.17, 15) is 14.4 Å². The van der Waals surface area contributed by atoms with Crippen molar-refractivity contribution < 1.29 is 19.5 Å². The number of rotatable bonds is 10. The van der Waals surface area contributed by atoms with E-state index >= 15 is 0 Å². The van der Waals surface area contributed by atoms with Crippen LogP contribution in [0.25, 0.3) is 11.0 Å². The van der Waals surface area contributed by atoms with E-state index in [0.717, 1.165) is 42.7 Å². The summed E-state index contributed by atoms with van der Waals surface area (Å²) in [5.74, 6) is -0.199. The van der Waals surface area contributed by atoms with Gasteiger partial charge in [-0.25, -0.2) is 4.98 Å². The van der Waals surface area contributed by atoms with E-state index in [-0.39, 0.29) is 31.2 Å². The van der Waals surface area contributed by atoms with Gasteiger partial charge >= 0.3 is 5.97 Å². The molecule has 4 rings (SSSR count). The Morgan fingerprint density at radius 1 is 1.06 bits per heavy atom. The molecule has 0 saturated heterocycles. The van der Waals surface area contributed by atoms with Crippen molar-refractivity contribution in [3.8, 4) is 0 Å². The summed E-state index contributed by atoms with van der Waals surface area (Å²) in [6.07, 6.45) is 4.23. The number of hydrogen-bond donors (Lipinski definition) is 4. The van der Waals surface area contributed by atoms with E-state index in [0.29, 0.717) is 29.6 Å². The SMILES string of the molecule is CN(CC(=O)NCC1CCC(Nc2nc3ccccc3[nH]2)CC1)C(=O)c1ccccc1CCC(=O)O. The number of aliphatic carboxylic acids is 1. The number of carbonyl (C=O) groups is 3. The molecule has 3 aromatic rings. The molecule has 4 N–H and O–H groups in total. The monoisotopic (exact) mass is 491 g/mol. The van der Waals surface area contributed by atoms with Crippen molar-refractivity contribution in [1.29, 1.82) is 0 Å². The molecule has 0 atom stereocenters. The molecule has 1 aromatic heterocycles. The summed E-state index contributed by atoms with van der Waals surface area (Å²) in [6.45, 7) is 0.544. The highest BCUT2D eigenvalue weighted by atomic mass is 16.4. The van der Waals surface area contributed by atoms with Gasteiger partial charge in [-0.05, 0) is 61.8 Å². The third kappa shape index (κ3) is 6.62. The summed E-state index contributed by atoms with van der Waals surface area (Å²) in [7, 11) is 1.59. The van der Waals surface area contributed by atoms with Gasteiger partial charge in [-0.15, -0.1) is 0 Å². The fourth-order valence-electron chi connectivity index (χ4n) is 4.72. The fourth-order valence-corrected chi connectivity index (χ4v) is 4.72. The van der Waals surface area contributed by atoms with Gasteiger partial charge in [-0.3, -0.25) is 14.4 Å². The summed E-state index contributed by atoms with van der Waals surface area (Å²) in [6, 6.07) is 15.3. The van der Waals surface area contributed by atoms with Crippen molar-refractivity contribution in [2.75, 3.05) is 25.5 Å². The van der Waals surface area contributed by atoms with Crippen LogP contribution in [0.2, 0.25) is 0 Å². The standard InChI is InChI=1S/C27H33N5O4/c1-32(26(36)21-7-3-2-6-19(21)12-15-25(34)35)17-24(33)28-16-18-10-13-20(14-11-18)29-27-30-22-8-4-5-9-23(22)31-27/h2-9,18,20H,10-17H2,1H3,(H,28,33)(H,34,35)(H2,29,30,31). The van der Waals surface area contributed by atoms with Crippen LogP contribution in [0, 0.1) is 5.92 Å². The number of nitrogens with one attached hydrogen (secondary N) is 3. The lowest BCUT2D eigenvalue weighted by Crippen LogP contribution is -2.41. The van der Waals surface area contributed by atoms with Crippen molar-refractivity contribution in [3.63, 3.8) is 0 Å². The molecular formula is C27H33N5O4. The molecule has 9 heteroatoms. The van der Waals surface area contributed by atoms with Crippen LogP contribution in [0.15, 0.2) is 48.5 Å². The summed E-state index contributed by atoms with van der Waals surface area (Å²) in [4.78, 5) is 45.6. The molecule has 0 aliphatic heterocycles. The van der Waals surface area contributed by atoms with Crippen molar-refractivity contribution in [2.45, 2.75) is 44.6 Å². The Bertz CT molecular complexity index is 1180. The lowest BCUT2D eigenvalue weighted by atomic mass is 9.86. The van der Waals surface area contributed by atoms with Gasteiger partial charge in [0.05, 0.1) is 17.6 Å². The van der Waals surface area contributed by atoms with E-state index in [1.165, 1.54) is 4.90 Å². The van der Waals surface area contributed by atoms with Crippen LogP contribution in [-0.2, 0) is 16.0 Å². The molecule has 2 amide bonds. The van der Waals surface area contributed by atoms with Crippen molar-refractivity contribution in [3.05, 3.63) is 59.7 Å². The van der Waals surface area contributed by atoms with Crippen LogP contribution in [-0.4, -0.2) is 63.9 Å². The van der Waals surface area contributed by atoms with E-state index < -0.39 is 5.97 Å². The van der Waals surface area contributed by atoms with Gasteiger partial charge in [0.2, 0.25) is 11.9 Å². The van der Waals surface area contributed by atoms with Crippen molar-refractivity contribution in [1.82, 2.24) is 20.2 Å². The number of para-hydroxylation sites is 2. The number of anilines is 1. The Labute approximate surface area is 210 Å². The number of nitrogens with zero attached hydrogens (tertiary/aromatic N) is 2. The molecule has 190 valence electrons. The van der Waals surface area contributed by atoms with E-state index in [2.05, 4.69) is 20.6 Å². The minimum absolute atomic E-state index is 0.0466. The number of carboxylic acids is 1. The number of fused-ring (bicyclic) bond motifs is 1. The topological polar surface area (TPSA) is 127 Å². The zero-order chi connectivity index (χ0) is 25.5. The summed E-state index contributed by atoms with van der Waals surface area (Å²) in [5.41, 5.74) is 3.07. The lowest BCUT2D eigenvalue weighted by molar-refractivity contribution is -0.137. The highest BCUT2D eigenvalue weighted by molar-refractivity contribution is 5.97. The molecule has 1 aliphatic carbocycles. The minimum atomic E-state index is -0.913. The van der Waals surface area contributed by atoms with Gasteiger partial charge in [-0.2, -0.15) is 0 Å². The molecule has 36 heavy (non-hydrogen) atoms. The zero-order valence-electron chi connectivity index (χ0n) is 20.5. The third-order valence-corrected chi connectivity index (χ3v) is 6.75. The number of hydrogen-bond acceptors (Lipinski definition) is 5. The number of H-pyrrole nitrogens is 1. The molecular weight excluding hydrogens is 458 g/mol. The second-order valence-electron chi connectivity index (χ2n) is 9.48. The van der Waals surface area contributed by atoms with Gasteiger partial charge in [-0.1, -0.05) is 30.3 Å². The van der Waals surface area contributed by atoms with Gasteiger partial charge in [0, 0.05) is 31.6 Å². The molecule has 0 radical (unpaired) electrons. The maximum absolute atomic E-state index is 12.9. The molecule has 1 saturated carbocycles. The first-order valence-electron chi connectivity index (χ1n) is 12.4. The molecule has 0 unspecified atom stereocenters. The summed E-state index contributed by atoms with van der Waals surface area (Å²) < 4.78 is 0. The summed E-state index contributed by atoms with van der Waals surface area (Å²) in [5, 5.41) is 15.4. The number of aryl methyl sites for hydroxylation is 1. The van der Waals surface area contributed by atoms with E-state index in [4.69, 9.17) is 5.11 Å². The molecule has 1 fully saturated rings. The predicted molar refractivity (Wildman–Crippen MR) is 138 cm³/mol. The summed E-state index contributed by atoms with van der Waals surface area (Å²) >= 11 is 0. The van der Waals surface area contributed by atoms with Crippen LogP contribution in [0.3, 0.4) is 0 Å².